The van der Waals surface area contributed by atoms with Gasteiger partial charge >= 0.3 is 0 Å². The molecule has 0 unspecified atom stereocenters. The highest BCUT2D eigenvalue weighted by molar-refractivity contribution is 7.90. The molecule has 102 valence electrons. The first-order valence-electron chi connectivity index (χ1n) is 5.99. The zero-order valence-electron chi connectivity index (χ0n) is 11.8. The summed E-state index contributed by atoms with van der Waals surface area (Å²) in [7, 11) is -2.99. The number of benzene rings is 1. The van der Waals surface area contributed by atoms with Gasteiger partial charge in [-0.2, -0.15) is 0 Å². The summed E-state index contributed by atoms with van der Waals surface area (Å²) in [5.74, 6) is 0.144. The van der Waals surface area contributed by atoms with Gasteiger partial charge in [0.25, 0.3) is 0 Å². The Kier molecular flexibility index (Phi) is 3.94. The third-order valence-corrected chi connectivity index (χ3v) is 4.28. The minimum absolute atomic E-state index is 0.144. The van der Waals surface area contributed by atoms with E-state index in [1.54, 1.807) is 0 Å². The molecule has 1 aromatic carbocycles. The van der Waals surface area contributed by atoms with E-state index >= 15 is 0 Å². The fourth-order valence-corrected chi connectivity index (χ4v) is 3.57. The second-order valence-electron chi connectivity index (χ2n) is 6.25. The van der Waals surface area contributed by atoms with Crippen LogP contribution in [0.2, 0.25) is 0 Å². The van der Waals surface area contributed by atoms with Crippen molar-refractivity contribution < 1.29 is 8.42 Å². The average Bonchev–Trinajstić information content (AvgIpc) is 2.13. The van der Waals surface area contributed by atoms with Gasteiger partial charge in [-0.3, -0.25) is 0 Å². The first-order valence-corrected chi connectivity index (χ1v) is 8.05. The Balaban J connectivity index is 3.05. The van der Waals surface area contributed by atoms with Crippen LogP contribution in [0.15, 0.2) is 24.3 Å². The number of rotatable bonds is 4. The molecule has 0 saturated carbocycles. The molecule has 18 heavy (non-hydrogen) atoms. The molecule has 4 heteroatoms. The molecule has 2 N–H and O–H groups in total. The van der Waals surface area contributed by atoms with Crippen molar-refractivity contribution in [1.29, 1.82) is 0 Å². The molecule has 0 aliphatic carbocycles. The third-order valence-electron chi connectivity index (χ3n) is 3.03. The number of hydrogen-bond donors (Lipinski definition) is 1. The Morgan fingerprint density at radius 2 is 1.39 bits per heavy atom. The first kappa shape index (κ1) is 15.2. The van der Waals surface area contributed by atoms with Gasteiger partial charge in [0.15, 0.2) is 0 Å². The van der Waals surface area contributed by atoms with Crippen LogP contribution in [0.5, 0.6) is 0 Å². The van der Waals surface area contributed by atoms with Gasteiger partial charge in [-0.15, -0.1) is 0 Å². The molecule has 0 aromatic heterocycles. The molecule has 1 aromatic rings. The van der Waals surface area contributed by atoms with Gasteiger partial charge in [0.05, 0.1) is 5.75 Å². The Hall–Kier alpha value is -0.870. The van der Waals surface area contributed by atoms with Crippen LogP contribution in [0.4, 0.5) is 0 Å². The van der Waals surface area contributed by atoms with Crippen molar-refractivity contribution >= 4 is 9.84 Å². The van der Waals surface area contributed by atoms with Crippen LogP contribution in [0.1, 0.15) is 38.8 Å². The van der Waals surface area contributed by atoms with Crippen LogP contribution in [-0.2, 0) is 20.8 Å². The Morgan fingerprint density at radius 3 is 1.72 bits per heavy atom. The highest BCUT2D eigenvalue weighted by Gasteiger charge is 2.26. The van der Waals surface area contributed by atoms with Crippen molar-refractivity contribution in [3.05, 3.63) is 35.4 Å². The smallest absolute Gasteiger partial charge is 0.148 e. The fourth-order valence-electron chi connectivity index (χ4n) is 2.09. The molecule has 1 rings (SSSR count). The van der Waals surface area contributed by atoms with E-state index in [4.69, 9.17) is 5.73 Å². The van der Waals surface area contributed by atoms with Gasteiger partial charge in [0.2, 0.25) is 0 Å². The first-order chi connectivity index (χ1) is 7.92. The van der Waals surface area contributed by atoms with Crippen molar-refractivity contribution in [3.8, 4) is 0 Å². The maximum Gasteiger partial charge on any atom is 0.148 e. The quantitative estimate of drug-likeness (QED) is 0.911. The molecule has 0 heterocycles. The summed E-state index contributed by atoms with van der Waals surface area (Å²) in [4.78, 5) is 0. The van der Waals surface area contributed by atoms with E-state index in [2.05, 4.69) is 0 Å². The normalized spacial score (nSPS) is 13.7. The van der Waals surface area contributed by atoms with E-state index in [0.29, 0.717) is 0 Å². The van der Waals surface area contributed by atoms with Gasteiger partial charge < -0.3 is 5.73 Å². The summed E-state index contributed by atoms with van der Waals surface area (Å²) >= 11 is 0. The molecule has 3 nitrogen and oxygen atoms in total. The predicted octanol–water partition coefficient (Wildman–Crippen LogP) is 2.20. The van der Waals surface area contributed by atoms with E-state index < -0.39 is 9.84 Å². The molecule has 0 aliphatic rings. The van der Waals surface area contributed by atoms with Crippen LogP contribution >= 0.6 is 0 Å². The summed E-state index contributed by atoms with van der Waals surface area (Å²) in [6.45, 7) is 7.78. The number of sulfone groups is 1. The topological polar surface area (TPSA) is 60.2 Å². The summed E-state index contributed by atoms with van der Waals surface area (Å²) in [6.07, 6.45) is 1.27. The Labute approximate surface area is 110 Å². The van der Waals surface area contributed by atoms with E-state index in [1.165, 1.54) is 6.26 Å². The SMILES string of the molecule is CC(C)(N)c1ccc(C(C)(C)CS(C)(=O)=O)cc1. The number of nitrogens with two attached hydrogens (primary N) is 1. The molecule has 0 fully saturated rings. The predicted molar refractivity (Wildman–Crippen MR) is 76.4 cm³/mol. The minimum Gasteiger partial charge on any atom is -0.322 e. The second-order valence-corrected chi connectivity index (χ2v) is 8.39. The highest BCUT2D eigenvalue weighted by atomic mass is 32.2. The van der Waals surface area contributed by atoms with Gasteiger partial charge in [0.1, 0.15) is 9.84 Å². The molecule has 0 amide bonds. The van der Waals surface area contributed by atoms with Crippen molar-refractivity contribution in [2.75, 3.05) is 12.0 Å². The molecule has 0 bridgehead atoms. The Bertz CT molecular complexity index is 508. The summed E-state index contributed by atoms with van der Waals surface area (Å²) in [6, 6.07) is 7.88. The largest absolute Gasteiger partial charge is 0.322 e. The standard InChI is InChI=1S/C14H23NO2S/c1-13(2,10-18(5,16)17)11-6-8-12(9-7-11)14(3,4)15/h6-9H,10,15H2,1-5H3. The lowest BCUT2D eigenvalue weighted by molar-refractivity contribution is 0.543. The maximum absolute atomic E-state index is 11.4. The van der Waals surface area contributed by atoms with Crippen molar-refractivity contribution in [2.45, 2.75) is 38.6 Å². The Morgan fingerprint density at radius 1 is 1.00 bits per heavy atom. The monoisotopic (exact) mass is 269 g/mol. The van der Waals surface area contributed by atoms with Crippen molar-refractivity contribution in [3.63, 3.8) is 0 Å². The van der Waals surface area contributed by atoms with Crippen molar-refractivity contribution in [1.82, 2.24) is 0 Å². The van der Waals surface area contributed by atoms with Crippen LogP contribution < -0.4 is 5.73 Å². The maximum atomic E-state index is 11.4. The molecule has 0 spiro atoms. The fraction of sp³-hybridized carbons (Fsp3) is 0.571. The van der Waals surface area contributed by atoms with Gasteiger partial charge in [-0.05, 0) is 25.0 Å². The molecule has 0 aliphatic heterocycles. The van der Waals surface area contributed by atoms with Crippen LogP contribution in [0.3, 0.4) is 0 Å². The summed E-state index contributed by atoms with van der Waals surface area (Å²) in [5.41, 5.74) is 7.32. The molecule has 0 radical (unpaired) electrons. The van der Waals surface area contributed by atoms with E-state index in [1.807, 2.05) is 52.0 Å². The van der Waals surface area contributed by atoms with Crippen LogP contribution in [-0.4, -0.2) is 20.4 Å². The molecular formula is C14H23NO2S. The lowest BCUT2D eigenvalue weighted by atomic mass is 9.84. The summed E-state index contributed by atoms with van der Waals surface area (Å²) in [5, 5.41) is 0. The van der Waals surface area contributed by atoms with Gasteiger partial charge in [-0.25, -0.2) is 8.42 Å². The minimum atomic E-state index is -2.99. The third kappa shape index (κ3) is 4.10. The van der Waals surface area contributed by atoms with Crippen molar-refractivity contribution in [2.24, 2.45) is 5.73 Å². The van der Waals surface area contributed by atoms with Crippen LogP contribution in [0.25, 0.3) is 0 Å². The number of hydrogen-bond acceptors (Lipinski definition) is 3. The zero-order chi connectivity index (χ0) is 14.2. The van der Waals surface area contributed by atoms with E-state index in [0.717, 1.165) is 11.1 Å². The molecule has 0 atom stereocenters. The molecular weight excluding hydrogens is 246 g/mol. The zero-order valence-corrected chi connectivity index (χ0v) is 12.6. The van der Waals surface area contributed by atoms with Gasteiger partial charge in [-0.1, -0.05) is 38.1 Å². The van der Waals surface area contributed by atoms with E-state index in [-0.39, 0.29) is 16.7 Å². The lowest BCUT2D eigenvalue weighted by Crippen LogP contribution is -2.30. The highest BCUT2D eigenvalue weighted by Crippen LogP contribution is 2.27. The van der Waals surface area contributed by atoms with Gasteiger partial charge in [0, 0.05) is 17.2 Å². The molecule has 0 saturated heterocycles. The van der Waals surface area contributed by atoms with Crippen LogP contribution in [0, 0.1) is 0 Å². The van der Waals surface area contributed by atoms with E-state index in [9.17, 15) is 8.42 Å². The second kappa shape index (κ2) is 4.67. The average molecular weight is 269 g/mol. The summed E-state index contributed by atoms with van der Waals surface area (Å²) < 4.78 is 22.9. The lowest BCUT2D eigenvalue weighted by Gasteiger charge is -2.26.